The largest absolute Gasteiger partial charge is 0.443 e. The molecule has 45 heavy (non-hydrogen) atoms. The Balaban J connectivity index is 1.50. The van der Waals surface area contributed by atoms with Crippen LogP contribution in [0.15, 0.2) is 82.1 Å². The number of carbonyl (C=O) groups excluding carboxylic acids is 2. The Hall–Kier alpha value is -5.39. The molecule has 0 fully saturated rings. The van der Waals surface area contributed by atoms with Gasteiger partial charge in [-0.1, -0.05) is 36.4 Å². The van der Waals surface area contributed by atoms with Gasteiger partial charge in [0.15, 0.2) is 5.60 Å². The van der Waals surface area contributed by atoms with Gasteiger partial charge in [-0.25, -0.2) is 14.8 Å². The summed E-state index contributed by atoms with van der Waals surface area (Å²) in [7, 11) is 1.70. The Morgan fingerprint density at radius 1 is 0.933 bits per heavy atom. The molecule has 0 radical (unpaired) electrons. The van der Waals surface area contributed by atoms with E-state index in [0.29, 0.717) is 17.8 Å². The minimum absolute atomic E-state index is 0.0250. The minimum Gasteiger partial charge on any atom is -0.443 e. The first-order chi connectivity index (χ1) is 21.4. The van der Waals surface area contributed by atoms with Gasteiger partial charge >= 0.3 is 6.09 Å². The molecular weight excluding hydrogens is 574 g/mol. The van der Waals surface area contributed by atoms with Crippen molar-refractivity contribution in [3.05, 3.63) is 102 Å². The first kappa shape index (κ1) is 31.0. The molecule has 12 nitrogen and oxygen atoms in total. The third-order valence-electron chi connectivity index (χ3n) is 6.74. The summed E-state index contributed by atoms with van der Waals surface area (Å²) in [4.78, 5) is 41.3. The van der Waals surface area contributed by atoms with Crippen molar-refractivity contribution in [3.8, 4) is 23.2 Å². The molecule has 1 atom stereocenters. The summed E-state index contributed by atoms with van der Waals surface area (Å²) in [6, 6.07) is 16.5. The van der Waals surface area contributed by atoms with E-state index in [1.165, 1.54) is 12.5 Å². The number of benzene rings is 1. The van der Waals surface area contributed by atoms with Gasteiger partial charge in [0.25, 0.3) is 17.7 Å². The molecule has 1 aromatic carbocycles. The molecule has 0 bridgehead atoms. The number of nitrogens with one attached hydrogen (secondary N) is 1. The van der Waals surface area contributed by atoms with E-state index in [4.69, 9.17) is 13.6 Å². The van der Waals surface area contributed by atoms with E-state index < -0.39 is 17.2 Å². The maximum atomic E-state index is 13.6. The molecule has 12 heteroatoms. The number of nitrogens with zero attached hydrogens (tertiary/aromatic N) is 6. The zero-order chi connectivity index (χ0) is 32.2. The summed E-state index contributed by atoms with van der Waals surface area (Å²) >= 11 is 0. The summed E-state index contributed by atoms with van der Waals surface area (Å²) in [6.45, 7) is 9.52. The van der Waals surface area contributed by atoms with Gasteiger partial charge < -0.3 is 23.8 Å². The normalized spacial score (nSPS) is 12.8. The van der Waals surface area contributed by atoms with Crippen molar-refractivity contribution in [3.63, 3.8) is 0 Å². The second-order valence-electron chi connectivity index (χ2n) is 12.0. The zero-order valence-electron chi connectivity index (χ0n) is 26.1. The monoisotopic (exact) mass is 609 g/mol. The van der Waals surface area contributed by atoms with Crippen molar-refractivity contribution >= 4 is 12.0 Å². The number of aromatic nitrogens is 5. The number of rotatable bonds is 9. The van der Waals surface area contributed by atoms with E-state index in [2.05, 4.69) is 30.5 Å². The van der Waals surface area contributed by atoms with Crippen LogP contribution in [0.5, 0.6) is 0 Å². The van der Waals surface area contributed by atoms with E-state index in [1.807, 2.05) is 70.2 Å². The minimum atomic E-state index is -1.33. The fraction of sp³-hybridized carbons (Fsp3) is 0.303. The fourth-order valence-corrected chi connectivity index (χ4v) is 4.60. The highest BCUT2D eigenvalue weighted by atomic mass is 16.6. The highest BCUT2D eigenvalue weighted by Gasteiger charge is 2.38. The number of alkyl carbamates (subject to hydrolysis) is 1. The van der Waals surface area contributed by atoms with Gasteiger partial charge in [0, 0.05) is 43.0 Å². The van der Waals surface area contributed by atoms with E-state index in [1.54, 1.807) is 37.2 Å². The average Bonchev–Trinajstić information content (AvgIpc) is 3.71. The zero-order valence-corrected chi connectivity index (χ0v) is 26.1. The highest BCUT2D eigenvalue weighted by molar-refractivity contribution is 5.95. The summed E-state index contributed by atoms with van der Waals surface area (Å²) in [5.74, 6) is 0.0255. The van der Waals surface area contributed by atoms with Crippen LogP contribution in [0, 0.1) is 6.92 Å². The molecule has 5 aromatic rings. The highest BCUT2D eigenvalue weighted by Crippen LogP contribution is 2.32. The molecule has 2 amide bonds. The summed E-state index contributed by atoms with van der Waals surface area (Å²) < 4.78 is 17.6. The predicted molar refractivity (Wildman–Crippen MR) is 165 cm³/mol. The lowest BCUT2D eigenvalue weighted by Gasteiger charge is -2.29. The summed E-state index contributed by atoms with van der Waals surface area (Å²) in [5, 5.41) is 11.3. The molecule has 0 saturated heterocycles. The molecule has 0 aliphatic rings. The van der Waals surface area contributed by atoms with E-state index in [9.17, 15) is 9.59 Å². The van der Waals surface area contributed by atoms with Crippen LogP contribution in [0.4, 0.5) is 4.79 Å². The topological polar surface area (TPSA) is 149 Å². The molecular formula is C33H35N7O5. The number of carbonyl (C=O) groups is 2. The molecule has 4 aromatic heterocycles. The van der Waals surface area contributed by atoms with Gasteiger partial charge in [0.05, 0.1) is 6.20 Å². The lowest BCUT2D eigenvalue weighted by atomic mass is 9.96. The van der Waals surface area contributed by atoms with Crippen molar-refractivity contribution in [2.24, 2.45) is 0 Å². The predicted octanol–water partition coefficient (Wildman–Crippen LogP) is 5.74. The summed E-state index contributed by atoms with van der Waals surface area (Å²) in [5.41, 5.74) is 1.65. The molecule has 0 unspecified atom stereocenters. The molecule has 0 spiro atoms. The fourth-order valence-electron chi connectivity index (χ4n) is 4.60. The molecule has 4 heterocycles. The van der Waals surface area contributed by atoms with Crippen LogP contribution < -0.4 is 5.32 Å². The summed E-state index contributed by atoms with van der Waals surface area (Å²) in [6.07, 6.45) is 4.28. The lowest BCUT2D eigenvalue weighted by Crippen LogP contribution is -2.45. The molecule has 1 N–H and O–H groups in total. The first-order valence-corrected chi connectivity index (χ1v) is 14.4. The lowest BCUT2D eigenvalue weighted by molar-refractivity contribution is -0.00123. The molecule has 0 saturated carbocycles. The van der Waals surface area contributed by atoms with E-state index in [0.717, 1.165) is 16.8 Å². The number of amides is 2. The Kier molecular flexibility index (Phi) is 8.75. The Morgan fingerprint density at radius 3 is 2.31 bits per heavy atom. The third kappa shape index (κ3) is 7.77. The van der Waals surface area contributed by atoms with Crippen molar-refractivity contribution in [2.75, 3.05) is 7.05 Å². The van der Waals surface area contributed by atoms with Crippen LogP contribution in [-0.4, -0.2) is 54.6 Å². The van der Waals surface area contributed by atoms with Gasteiger partial charge in [-0.2, -0.15) is 0 Å². The van der Waals surface area contributed by atoms with E-state index >= 15 is 0 Å². The van der Waals surface area contributed by atoms with E-state index in [-0.39, 0.29) is 35.7 Å². The van der Waals surface area contributed by atoms with Crippen molar-refractivity contribution in [2.45, 2.75) is 58.7 Å². The van der Waals surface area contributed by atoms with Crippen molar-refractivity contribution in [1.29, 1.82) is 0 Å². The maximum absolute atomic E-state index is 13.6. The number of pyridine rings is 2. The smallest absolute Gasteiger partial charge is 0.408 e. The molecule has 0 aliphatic heterocycles. The Morgan fingerprint density at radius 2 is 1.67 bits per heavy atom. The van der Waals surface area contributed by atoms with Crippen LogP contribution in [0.1, 0.15) is 60.8 Å². The van der Waals surface area contributed by atoms with Gasteiger partial charge in [-0.15, -0.1) is 10.2 Å². The quantitative estimate of drug-likeness (QED) is 0.219. The van der Waals surface area contributed by atoms with Gasteiger partial charge in [0.2, 0.25) is 5.89 Å². The maximum Gasteiger partial charge on any atom is 0.408 e. The standard InChI is InChI=1S/C33H35N7O5/c1-21-12-13-23(19-35-21)20-40(6)29(41)24-16-25(27-34-14-15-43-27)36-26(17-24)28-38-39-30(44-28)33(5,18-22-10-8-7-9-11-22)45-31(42)37-32(2,3)4/h7-17,19H,18,20H2,1-6H3,(H,37,42)/t33-/m1/s1. The SMILES string of the molecule is Cc1ccc(CN(C)C(=O)c2cc(-c3ncco3)nc(-c3nnc([C@@](C)(Cc4ccccc4)OC(=O)NC(C)(C)C)o3)c2)cn1. The second-order valence-corrected chi connectivity index (χ2v) is 12.0. The van der Waals surface area contributed by atoms with Crippen LogP contribution in [-0.2, 0) is 23.3 Å². The number of oxazole rings is 1. The van der Waals surface area contributed by atoms with Crippen LogP contribution in [0.3, 0.4) is 0 Å². The average molecular weight is 610 g/mol. The van der Waals surface area contributed by atoms with Crippen molar-refractivity contribution < 1.29 is 23.2 Å². The van der Waals surface area contributed by atoms with Gasteiger partial charge in [0.1, 0.15) is 17.7 Å². The number of aryl methyl sites for hydroxylation is 1. The number of ether oxygens (including phenoxy) is 1. The molecule has 232 valence electrons. The van der Waals surface area contributed by atoms with Crippen LogP contribution in [0.2, 0.25) is 0 Å². The van der Waals surface area contributed by atoms with Crippen LogP contribution in [0.25, 0.3) is 23.2 Å². The van der Waals surface area contributed by atoms with Gasteiger partial charge in [-0.3, -0.25) is 9.78 Å². The van der Waals surface area contributed by atoms with Gasteiger partial charge in [-0.05, 0) is 63.9 Å². The third-order valence-corrected chi connectivity index (χ3v) is 6.74. The number of hydrogen-bond acceptors (Lipinski definition) is 10. The number of hydrogen-bond donors (Lipinski definition) is 1. The van der Waals surface area contributed by atoms with Crippen LogP contribution >= 0.6 is 0 Å². The Labute approximate surface area is 260 Å². The molecule has 0 aliphatic carbocycles. The first-order valence-electron chi connectivity index (χ1n) is 14.4. The Bertz CT molecular complexity index is 1760. The van der Waals surface area contributed by atoms with Crippen molar-refractivity contribution in [1.82, 2.24) is 35.4 Å². The second kappa shape index (κ2) is 12.7. The molecule has 5 rings (SSSR count).